The molecule has 5 heteroatoms. The van der Waals surface area contributed by atoms with Gasteiger partial charge >= 0.3 is 0 Å². The molecule has 1 atom stereocenters. The average molecular weight is 271 g/mol. The lowest BCUT2D eigenvalue weighted by molar-refractivity contribution is 0.0474. The zero-order chi connectivity index (χ0) is 13.9. The molecular weight excluding hydrogens is 254 g/mol. The molecule has 0 unspecified atom stereocenters. The van der Waals surface area contributed by atoms with Crippen LogP contribution in [0.4, 0.5) is 0 Å². The monoisotopic (exact) mass is 271 g/mol. The number of β-amino-alcohol motifs (C(OH)–C–C–N with tert-alkyl or cyclic N) is 1. The van der Waals surface area contributed by atoms with Gasteiger partial charge in [-0.1, -0.05) is 18.2 Å². The summed E-state index contributed by atoms with van der Waals surface area (Å²) < 4.78 is 1.69. The third-order valence-electron chi connectivity index (χ3n) is 3.53. The molecule has 1 aromatic heterocycles. The Balaban J connectivity index is 1.78. The lowest BCUT2D eigenvalue weighted by atomic mass is 10.1. The summed E-state index contributed by atoms with van der Waals surface area (Å²) in [5.74, 6) is -0.0640. The predicted octanol–water partition coefficient (Wildman–Crippen LogP) is 1.47. The van der Waals surface area contributed by atoms with Gasteiger partial charge in [0.05, 0.1) is 23.6 Å². The molecule has 104 valence electrons. The Morgan fingerprint density at radius 3 is 2.85 bits per heavy atom. The number of hydrogen-bond donors (Lipinski definition) is 1. The fourth-order valence-corrected chi connectivity index (χ4v) is 2.48. The smallest absolute Gasteiger partial charge is 0.257 e. The third-order valence-corrected chi connectivity index (χ3v) is 3.53. The summed E-state index contributed by atoms with van der Waals surface area (Å²) in [4.78, 5) is 14.0. The zero-order valence-electron chi connectivity index (χ0n) is 11.1. The lowest BCUT2D eigenvalue weighted by Gasteiger charge is -2.29. The summed E-state index contributed by atoms with van der Waals surface area (Å²) in [6, 6.07) is 9.67. The molecule has 0 saturated carbocycles. The van der Waals surface area contributed by atoms with E-state index in [-0.39, 0.29) is 5.91 Å². The number of hydrogen-bond acceptors (Lipinski definition) is 3. The molecule has 1 amide bonds. The van der Waals surface area contributed by atoms with Crippen LogP contribution in [0.2, 0.25) is 0 Å². The van der Waals surface area contributed by atoms with E-state index in [4.69, 9.17) is 0 Å². The van der Waals surface area contributed by atoms with Gasteiger partial charge in [-0.05, 0) is 25.0 Å². The van der Waals surface area contributed by atoms with Crippen LogP contribution in [-0.2, 0) is 0 Å². The number of likely N-dealkylation sites (tertiary alicyclic amines) is 1. The highest BCUT2D eigenvalue weighted by Crippen LogP contribution is 2.14. The van der Waals surface area contributed by atoms with Gasteiger partial charge in [0.25, 0.3) is 5.91 Å². The molecule has 1 fully saturated rings. The quantitative estimate of drug-likeness (QED) is 0.900. The van der Waals surface area contributed by atoms with Crippen molar-refractivity contribution in [2.24, 2.45) is 0 Å². The van der Waals surface area contributed by atoms with E-state index in [2.05, 4.69) is 5.10 Å². The van der Waals surface area contributed by atoms with E-state index in [0.29, 0.717) is 18.7 Å². The number of amides is 1. The molecule has 0 spiro atoms. The van der Waals surface area contributed by atoms with Crippen LogP contribution in [-0.4, -0.2) is 44.9 Å². The van der Waals surface area contributed by atoms with E-state index in [0.717, 1.165) is 18.5 Å². The number of rotatable bonds is 2. The molecule has 1 aliphatic heterocycles. The second-order valence-corrected chi connectivity index (χ2v) is 5.06. The van der Waals surface area contributed by atoms with Crippen molar-refractivity contribution in [3.05, 3.63) is 48.3 Å². The minimum Gasteiger partial charge on any atom is -0.391 e. The predicted molar refractivity (Wildman–Crippen MR) is 74.7 cm³/mol. The Labute approximate surface area is 117 Å². The Bertz CT molecular complexity index is 594. The highest BCUT2D eigenvalue weighted by Gasteiger charge is 2.23. The number of para-hydroxylation sites is 1. The largest absolute Gasteiger partial charge is 0.391 e. The fourth-order valence-electron chi connectivity index (χ4n) is 2.48. The average Bonchev–Trinajstić information content (AvgIpc) is 2.97. The highest BCUT2D eigenvalue weighted by atomic mass is 16.3. The Kier molecular flexibility index (Phi) is 3.52. The molecule has 1 N–H and O–H groups in total. The molecule has 1 saturated heterocycles. The number of carbonyl (C=O) groups excluding carboxylic acids is 1. The first kappa shape index (κ1) is 12.9. The van der Waals surface area contributed by atoms with Gasteiger partial charge in [0.15, 0.2) is 0 Å². The van der Waals surface area contributed by atoms with E-state index < -0.39 is 6.10 Å². The maximum absolute atomic E-state index is 12.4. The van der Waals surface area contributed by atoms with Crippen LogP contribution in [0.3, 0.4) is 0 Å². The van der Waals surface area contributed by atoms with Gasteiger partial charge in [-0.15, -0.1) is 0 Å². The second-order valence-electron chi connectivity index (χ2n) is 5.06. The number of benzene rings is 1. The number of carbonyl (C=O) groups is 1. The number of aliphatic hydroxyl groups excluding tert-OH is 1. The fraction of sp³-hybridized carbons (Fsp3) is 0.333. The maximum atomic E-state index is 12.4. The second kappa shape index (κ2) is 5.46. The number of nitrogens with zero attached hydrogens (tertiary/aromatic N) is 3. The summed E-state index contributed by atoms with van der Waals surface area (Å²) in [6.45, 7) is 1.11. The molecule has 20 heavy (non-hydrogen) atoms. The summed E-state index contributed by atoms with van der Waals surface area (Å²) >= 11 is 0. The zero-order valence-corrected chi connectivity index (χ0v) is 11.1. The van der Waals surface area contributed by atoms with Crippen molar-refractivity contribution >= 4 is 5.91 Å². The van der Waals surface area contributed by atoms with E-state index in [9.17, 15) is 9.90 Å². The van der Waals surface area contributed by atoms with Crippen LogP contribution < -0.4 is 0 Å². The minimum atomic E-state index is -0.406. The van der Waals surface area contributed by atoms with Crippen LogP contribution in [0.15, 0.2) is 42.7 Å². The van der Waals surface area contributed by atoms with Crippen molar-refractivity contribution in [2.45, 2.75) is 18.9 Å². The first-order chi connectivity index (χ1) is 9.74. The van der Waals surface area contributed by atoms with Crippen molar-refractivity contribution in [1.82, 2.24) is 14.7 Å². The number of piperidine rings is 1. The molecular formula is C15H17N3O2. The first-order valence-corrected chi connectivity index (χ1v) is 6.81. The SMILES string of the molecule is O=C(c1cnn(-c2ccccc2)c1)N1CCC[C@H](O)C1. The molecule has 2 heterocycles. The summed E-state index contributed by atoms with van der Waals surface area (Å²) in [6.07, 6.45) is 4.53. The van der Waals surface area contributed by atoms with E-state index >= 15 is 0 Å². The van der Waals surface area contributed by atoms with E-state index in [1.807, 2.05) is 30.3 Å². The molecule has 3 rings (SSSR count). The van der Waals surface area contributed by atoms with Crippen LogP contribution in [0.5, 0.6) is 0 Å². The highest BCUT2D eigenvalue weighted by molar-refractivity contribution is 5.93. The van der Waals surface area contributed by atoms with Crippen LogP contribution in [0.1, 0.15) is 23.2 Å². The van der Waals surface area contributed by atoms with Gasteiger partial charge in [-0.3, -0.25) is 4.79 Å². The van der Waals surface area contributed by atoms with Gasteiger partial charge < -0.3 is 10.0 Å². The molecule has 0 bridgehead atoms. The normalized spacial score (nSPS) is 19.1. The summed E-state index contributed by atoms with van der Waals surface area (Å²) in [5.41, 5.74) is 1.48. The van der Waals surface area contributed by atoms with Crippen LogP contribution in [0.25, 0.3) is 5.69 Å². The number of aliphatic hydroxyl groups is 1. The topological polar surface area (TPSA) is 58.4 Å². The van der Waals surface area contributed by atoms with Crippen LogP contribution >= 0.6 is 0 Å². The van der Waals surface area contributed by atoms with Gasteiger partial charge in [0.2, 0.25) is 0 Å². The summed E-state index contributed by atoms with van der Waals surface area (Å²) in [5, 5.41) is 13.9. The molecule has 0 radical (unpaired) electrons. The van der Waals surface area contributed by atoms with Crippen molar-refractivity contribution in [1.29, 1.82) is 0 Å². The Hall–Kier alpha value is -2.14. The molecule has 1 aromatic carbocycles. The first-order valence-electron chi connectivity index (χ1n) is 6.81. The molecule has 5 nitrogen and oxygen atoms in total. The standard InChI is InChI=1S/C15H17N3O2/c19-14-7-4-8-17(11-14)15(20)12-9-16-18(10-12)13-5-2-1-3-6-13/h1-3,5-6,9-10,14,19H,4,7-8,11H2/t14-/m0/s1. The minimum absolute atomic E-state index is 0.0640. The molecule has 0 aliphatic carbocycles. The van der Waals surface area contributed by atoms with Crippen molar-refractivity contribution < 1.29 is 9.90 Å². The van der Waals surface area contributed by atoms with E-state index in [1.54, 1.807) is 22.0 Å². The lowest BCUT2D eigenvalue weighted by Crippen LogP contribution is -2.42. The maximum Gasteiger partial charge on any atom is 0.257 e. The van der Waals surface area contributed by atoms with E-state index in [1.165, 1.54) is 0 Å². The summed E-state index contributed by atoms with van der Waals surface area (Å²) in [7, 11) is 0. The molecule has 1 aliphatic rings. The van der Waals surface area contributed by atoms with Gasteiger partial charge in [0.1, 0.15) is 0 Å². The van der Waals surface area contributed by atoms with Gasteiger partial charge in [0, 0.05) is 19.3 Å². The van der Waals surface area contributed by atoms with Crippen molar-refractivity contribution in [2.75, 3.05) is 13.1 Å². The third kappa shape index (κ3) is 2.58. The number of aromatic nitrogens is 2. The molecule has 2 aromatic rings. The van der Waals surface area contributed by atoms with Gasteiger partial charge in [-0.2, -0.15) is 5.10 Å². The Morgan fingerprint density at radius 1 is 1.30 bits per heavy atom. The van der Waals surface area contributed by atoms with Crippen LogP contribution in [0, 0.1) is 0 Å². The van der Waals surface area contributed by atoms with Gasteiger partial charge in [-0.25, -0.2) is 4.68 Å². The van der Waals surface area contributed by atoms with Crippen molar-refractivity contribution in [3.63, 3.8) is 0 Å². The van der Waals surface area contributed by atoms with Crippen molar-refractivity contribution in [3.8, 4) is 5.69 Å². The Morgan fingerprint density at radius 2 is 2.10 bits per heavy atom.